The van der Waals surface area contributed by atoms with E-state index in [1.54, 1.807) is 30.3 Å². The molecule has 0 saturated heterocycles. The lowest BCUT2D eigenvalue weighted by Gasteiger charge is -2.10. The van der Waals surface area contributed by atoms with E-state index in [4.69, 9.17) is 16.3 Å². The maximum absolute atomic E-state index is 13.8. The molecule has 0 bridgehead atoms. The van der Waals surface area contributed by atoms with Crippen molar-refractivity contribution < 1.29 is 9.13 Å². The third-order valence-electron chi connectivity index (χ3n) is 3.00. The van der Waals surface area contributed by atoms with Crippen LogP contribution in [0.1, 0.15) is 0 Å². The first-order valence-electron chi connectivity index (χ1n) is 6.52. The summed E-state index contributed by atoms with van der Waals surface area (Å²) in [7, 11) is 0. The van der Waals surface area contributed by atoms with E-state index in [9.17, 15) is 9.18 Å². The average molecular weight is 396 g/mol. The summed E-state index contributed by atoms with van der Waals surface area (Å²) >= 11 is 9.21. The molecule has 4 nitrogen and oxygen atoms in total. The van der Waals surface area contributed by atoms with E-state index in [1.165, 1.54) is 18.3 Å². The Hall–Kier alpha value is -2.18. The molecule has 0 fully saturated rings. The standard InChI is InChI=1S/C16H9BrClFN2O2/c17-10-6-7-13(12(19)8-10)23-14-9-20-21(16(22)15(14)18)11-4-2-1-3-5-11/h1-9H. The van der Waals surface area contributed by atoms with Gasteiger partial charge in [-0.1, -0.05) is 45.7 Å². The molecular weight excluding hydrogens is 387 g/mol. The predicted molar refractivity (Wildman–Crippen MR) is 89.0 cm³/mol. The van der Waals surface area contributed by atoms with Crippen molar-refractivity contribution >= 4 is 27.5 Å². The molecule has 0 atom stereocenters. The van der Waals surface area contributed by atoms with E-state index < -0.39 is 11.4 Å². The van der Waals surface area contributed by atoms with Crippen LogP contribution in [0.5, 0.6) is 11.5 Å². The van der Waals surface area contributed by atoms with E-state index in [0.29, 0.717) is 10.2 Å². The van der Waals surface area contributed by atoms with Gasteiger partial charge in [-0.3, -0.25) is 4.79 Å². The first-order chi connectivity index (χ1) is 11.1. The van der Waals surface area contributed by atoms with Gasteiger partial charge < -0.3 is 4.74 Å². The van der Waals surface area contributed by atoms with Gasteiger partial charge in [0.1, 0.15) is 0 Å². The van der Waals surface area contributed by atoms with Crippen molar-refractivity contribution in [2.45, 2.75) is 0 Å². The van der Waals surface area contributed by atoms with Crippen molar-refractivity contribution in [2.24, 2.45) is 0 Å². The molecule has 0 unspecified atom stereocenters. The lowest BCUT2D eigenvalue weighted by Crippen LogP contribution is -2.21. The van der Waals surface area contributed by atoms with Crippen molar-refractivity contribution in [2.75, 3.05) is 0 Å². The predicted octanol–water partition coefficient (Wildman–Crippen LogP) is 4.58. The van der Waals surface area contributed by atoms with Gasteiger partial charge in [-0.15, -0.1) is 0 Å². The zero-order valence-electron chi connectivity index (χ0n) is 11.5. The molecule has 3 rings (SSSR count). The second-order valence-corrected chi connectivity index (χ2v) is 5.85. The molecule has 0 saturated carbocycles. The normalized spacial score (nSPS) is 10.6. The van der Waals surface area contributed by atoms with Crippen molar-refractivity contribution in [3.63, 3.8) is 0 Å². The van der Waals surface area contributed by atoms with Crippen LogP contribution in [0.4, 0.5) is 4.39 Å². The SMILES string of the molecule is O=c1c(Cl)c(Oc2ccc(Br)cc2F)cnn1-c1ccccc1. The number of halogens is 3. The molecule has 0 aliphatic rings. The van der Waals surface area contributed by atoms with E-state index in [0.717, 1.165) is 4.68 Å². The maximum atomic E-state index is 13.8. The minimum absolute atomic E-state index is 0.00919. The summed E-state index contributed by atoms with van der Waals surface area (Å²) in [5, 5.41) is 3.84. The first-order valence-corrected chi connectivity index (χ1v) is 7.69. The van der Waals surface area contributed by atoms with Gasteiger partial charge in [0.2, 0.25) is 0 Å². The Bertz CT molecular complexity index is 916. The molecule has 116 valence electrons. The number of hydrogen-bond acceptors (Lipinski definition) is 3. The molecule has 1 heterocycles. The molecule has 0 spiro atoms. The second-order valence-electron chi connectivity index (χ2n) is 4.55. The largest absolute Gasteiger partial charge is 0.451 e. The number of hydrogen-bond donors (Lipinski definition) is 0. The topological polar surface area (TPSA) is 44.1 Å². The molecule has 2 aromatic carbocycles. The van der Waals surface area contributed by atoms with Gasteiger partial charge >= 0.3 is 0 Å². The van der Waals surface area contributed by atoms with E-state index >= 15 is 0 Å². The Morgan fingerprint density at radius 3 is 2.57 bits per heavy atom. The van der Waals surface area contributed by atoms with Gasteiger partial charge in [0, 0.05) is 4.47 Å². The maximum Gasteiger partial charge on any atom is 0.294 e. The lowest BCUT2D eigenvalue weighted by molar-refractivity contribution is 0.437. The molecular formula is C16H9BrClFN2O2. The monoisotopic (exact) mass is 394 g/mol. The van der Waals surface area contributed by atoms with Crippen molar-refractivity contribution in [3.8, 4) is 17.2 Å². The summed E-state index contributed by atoms with van der Waals surface area (Å²) in [5.74, 6) is -0.637. The fourth-order valence-electron chi connectivity index (χ4n) is 1.92. The van der Waals surface area contributed by atoms with Gasteiger partial charge in [0.25, 0.3) is 5.56 Å². The Kier molecular flexibility index (Phi) is 4.45. The van der Waals surface area contributed by atoms with Crippen LogP contribution >= 0.6 is 27.5 Å². The van der Waals surface area contributed by atoms with Crippen LogP contribution in [0.2, 0.25) is 5.02 Å². The fraction of sp³-hybridized carbons (Fsp3) is 0. The van der Waals surface area contributed by atoms with Crippen LogP contribution in [-0.2, 0) is 0 Å². The summed E-state index contributed by atoms with van der Waals surface area (Å²) in [4.78, 5) is 12.3. The third-order valence-corrected chi connectivity index (χ3v) is 3.84. The van der Waals surface area contributed by atoms with Crippen molar-refractivity contribution in [3.05, 3.63) is 80.4 Å². The van der Waals surface area contributed by atoms with Gasteiger partial charge in [-0.2, -0.15) is 9.78 Å². The Morgan fingerprint density at radius 1 is 1.13 bits per heavy atom. The highest BCUT2D eigenvalue weighted by Gasteiger charge is 2.14. The zero-order valence-corrected chi connectivity index (χ0v) is 13.9. The van der Waals surface area contributed by atoms with Crippen LogP contribution in [0.25, 0.3) is 5.69 Å². The molecule has 0 N–H and O–H groups in total. The van der Waals surface area contributed by atoms with Crippen molar-refractivity contribution in [1.29, 1.82) is 0 Å². The van der Waals surface area contributed by atoms with Crippen LogP contribution in [-0.4, -0.2) is 9.78 Å². The third kappa shape index (κ3) is 3.28. The molecule has 0 radical (unpaired) electrons. The Balaban J connectivity index is 1.99. The fourth-order valence-corrected chi connectivity index (χ4v) is 2.42. The Morgan fingerprint density at radius 2 is 1.87 bits per heavy atom. The molecule has 1 aromatic heterocycles. The summed E-state index contributed by atoms with van der Waals surface area (Å²) < 4.78 is 20.9. The summed E-state index contributed by atoms with van der Waals surface area (Å²) in [6.45, 7) is 0. The smallest absolute Gasteiger partial charge is 0.294 e. The average Bonchev–Trinajstić information content (AvgIpc) is 2.55. The molecule has 0 amide bonds. The van der Waals surface area contributed by atoms with E-state index in [-0.39, 0.29) is 16.5 Å². The van der Waals surface area contributed by atoms with Crippen LogP contribution < -0.4 is 10.3 Å². The van der Waals surface area contributed by atoms with Gasteiger partial charge in [0.15, 0.2) is 22.3 Å². The molecule has 0 aliphatic heterocycles. The molecule has 7 heteroatoms. The van der Waals surface area contributed by atoms with Gasteiger partial charge in [-0.05, 0) is 30.3 Å². The van der Waals surface area contributed by atoms with Crippen LogP contribution in [0.15, 0.2) is 64.0 Å². The second kappa shape index (κ2) is 6.52. The number of para-hydroxylation sites is 1. The van der Waals surface area contributed by atoms with E-state index in [1.807, 2.05) is 6.07 Å². The van der Waals surface area contributed by atoms with Gasteiger partial charge in [0.05, 0.1) is 11.9 Å². The molecule has 3 aromatic rings. The number of benzene rings is 2. The number of aromatic nitrogens is 2. The van der Waals surface area contributed by atoms with E-state index in [2.05, 4.69) is 21.0 Å². The van der Waals surface area contributed by atoms with Gasteiger partial charge in [-0.25, -0.2) is 4.39 Å². The first kappa shape index (κ1) is 15.7. The summed E-state index contributed by atoms with van der Waals surface area (Å²) in [5.41, 5.74) is 0.0219. The highest BCUT2D eigenvalue weighted by molar-refractivity contribution is 9.10. The lowest BCUT2D eigenvalue weighted by atomic mass is 10.3. The van der Waals surface area contributed by atoms with Crippen LogP contribution in [0, 0.1) is 5.82 Å². The molecule has 23 heavy (non-hydrogen) atoms. The highest BCUT2D eigenvalue weighted by Crippen LogP contribution is 2.29. The minimum atomic E-state index is -0.581. The molecule has 0 aliphatic carbocycles. The van der Waals surface area contributed by atoms with Crippen molar-refractivity contribution in [1.82, 2.24) is 9.78 Å². The quantitative estimate of drug-likeness (QED) is 0.652. The number of rotatable bonds is 3. The summed E-state index contributed by atoms with van der Waals surface area (Å²) in [6.07, 6.45) is 1.28. The Labute approximate surface area is 144 Å². The zero-order chi connectivity index (χ0) is 16.4. The highest BCUT2D eigenvalue weighted by atomic mass is 79.9. The number of nitrogens with zero attached hydrogens (tertiary/aromatic N) is 2. The van der Waals surface area contributed by atoms with Crippen LogP contribution in [0.3, 0.4) is 0 Å². The number of ether oxygens (including phenoxy) is 1. The minimum Gasteiger partial charge on any atom is -0.451 e. The summed E-state index contributed by atoms with van der Waals surface area (Å²) in [6, 6.07) is 13.1.